The minimum atomic E-state index is -0.757. The van der Waals surface area contributed by atoms with Crippen molar-refractivity contribution in [2.45, 2.75) is 68.1 Å². The Labute approximate surface area is 431 Å². The standard InChI is InChI=1S/C72H54O/c1-3-4-5-6-7-14-38-62-68-64-54-30-15-19-34-58(54)66(59-35-20-16-31-55(59)64)70(68)63(71-67-60-36-21-17-32-56(60)65(69(62)71)57-33-18-22-37-61(57)67)44-43-48-39-41-49(42-40-48)45-46-72(50-24-10-8-11-25-50,51-26-12-9-13-27-51)52-28-23-29-53(47-52)73-2/h8-13,15-37,39-42,47,64-67H,3-7H2,1-2H3. The number of benzene rings is 9. The van der Waals surface area contributed by atoms with Gasteiger partial charge in [0.05, 0.1) is 7.11 Å². The van der Waals surface area contributed by atoms with Crippen LogP contribution in [0.15, 0.2) is 206 Å². The molecule has 6 aliphatic rings. The van der Waals surface area contributed by atoms with E-state index in [9.17, 15) is 0 Å². The predicted molar refractivity (Wildman–Crippen MR) is 297 cm³/mol. The molecule has 4 bridgehead atoms. The van der Waals surface area contributed by atoms with E-state index in [2.05, 4.69) is 243 Å². The number of hydrogen-bond acceptors (Lipinski definition) is 1. The highest BCUT2D eigenvalue weighted by molar-refractivity contribution is 5.82. The summed E-state index contributed by atoms with van der Waals surface area (Å²) in [5.41, 5.74) is 23.4. The van der Waals surface area contributed by atoms with E-state index < -0.39 is 5.41 Å². The topological polar surface area (TPSA) is 9.23 Å². The highest BCUT2D eigenvalue weighted by Crippen LogP contribution is 2.64. The molecule has 0 atom stereocenters. The summed E-state index contributed by atoms with van der Waals surface area (Å²) in [7, 11) is 1.72. The summed E-state index contributed by atoms with van der Waals surface area (Å²) in [6.07, 6.45) is 5.70. The molecule has 6 aliphatic carbocycles. The zero-order chi connectivity index (χ0) is 48.9. The maximum absolute atomic E-state index is 5.77. The largest absolute Gasteiger partial charge is 0.497 e. The van der Waals surface area contributed by atoms with Gasteiger partial charge in [0, 0.05) is 52.3 Å². The lowest BCUT2D eigenvalue weighted by Gasteiger charge is -2.48. The van der Waals surface area contributed by atoms with Crippen molar-refractivity contribution in [3.8, 4) is 41.3 Å². The third-order valence-corrected chi connectivity index (χ3v) is 16.2. The Hall–Kier alpha value is -8.54. The molecule has 0 unspecified atom stereocenters. The fourth-order valence-corrected chi connectivity index (χ4v) is 13.0. The molecule has 0 radical (unpaired) electrons. The average molecular weight is 935 g/mol. The van der Waals surface area contributed by atoms with Crippen LogP contribution in [0.3, 0.4) is 0 Å². The van der Waals surface area contributed by atoms with Crippen LogP contribution in [0.5, 0.6) is 5.75 Å². The second kappa shape index (κ2) is 18.6. The molecule has 9 aromatic rings. The number of rotatable bonds is 8. The van der Waals surface area contributed by atoms with Crippen LogP contribution >= 0.6 is 0 Å². The van der Waals surface area contributed by atoms with Crippen molar-refractivity contribution in [2.75, 3.05) is 7.11 Å². The third kappa shape index (κ3) is 7.20. The summed E-state index contributed by atoms with van der Waals surface area (Å²) in [5.74, 6) is 24.2. The van der Waals surface area contributed by atoms with Gasteiger partial charge in [-0.1, -0.05) is 232 Å². The Balaban J connectivity index is 1.01. The van der Waals surface area contributed by atoms with E-state index >= 15 is 0 Å². The zero-order valence-corrected chi connectivity index (χ0v) is 41.4. The van der Waals surface area contributed by atoms with E-state index in [1.54, 1.807) is 7.11 Å². The molecule has 0 fully saturated rings. The van der Waals surface area contributed by atoms with Gasteiger partial charge < -0.3 is 4.74 Å². The molecule has 1 nitrogen and oxygen atoms in total. The van der Waals surface area contributed by atoms with Crippen molar-refractivity contribution >= 4 is 0 Å². The zero-order valence-electron chi connectivity index (χ0n) is 41.4. The third-order valence-electron chi connectivity index (χ3n) is 16.2. The minimum Gasteiger partial charge on any atom is -0.497 e. The van der Waals surface area contributed by atoms with Gasteiger partial charge in [0.2, 0.25) is 0 Å². The molecule has 0 amide bonds. The van der Waals surface area contributed by atoms with Crippen LogP contribution in [-0.2, 0) is 5.41 Å². The molecule has 0 spiro atoms. The van der Waals surface area contributed by atoms with Gasteiger partial charge in [-0.15, -0.1) is 0 Å². The first-order valence-corrected chi connectivity index (χ1v) is 26.2. The summed E-state index contributed by atoms with van der Waals surface area (Å²) in [6.45, 7) is 2.28. The number of hydrogen-bond donors (Lipinski definition) is 0. The molecule has 0 aromatic heterocycles. The lowest BCUT2D eigenvalue weighted by molar-refractivity contribution is 0.414. The average Bonchev–Trinajstić information content (AvgIpc) is 3.46. The van der Waals surface area contributed by atoms with E-state index in [0.29, 0.717) is 0 Å². The molecule has 0 saturated carbocycles. The van der Waals surface area contributed by atoms with Gasteiger partial charge in [-0.2, -0.15) is 0 Å². The molecule has 15 rings (SSSR count). The molecule has 1 heteroatoms. The van der Waals surface area contributed by atoms with Gasteiger partial charge in [0.15, 0.2) is 0 Å². The Morgan fingerprint density at radius 2 is 0.781 bits per heavy atom. The number of methoxy groups -OCH3 is 1. The molecular formula is C72H54O. The van der Waals surface area contributed by atoms with Crippen LogP contribution in [0.4, 0.5) is 0 Å². The van der Waals surface area contributed by atoms with E-state index in [4.69, 9.17) is 4.74 Å². The van der Waals surface area contributed by atoms with Crippen LogP contribution in [0, 0.1) is 35.5 Å². The fourth-order valence-electron chi connectivity index (χ4n) is 13.0. The molecule has 9 aromatic carbocycles. The summed E-state index contributed by atoms with van der Waals surface area (Å²) >= 11 is 0. The second-order valence-corrected chi connectivity index (χ2v) is 20.1. The summed E-state index contributed by atoms with van der Waals surface area (Å²) in [6, 6.07) is 74.9. The first-order chi connectivity index (χ1) is 36.2. The van der Waals surface area contributed by atoms with Crippen LogP contribution < -0.4 is 4.74 Å². The second-order valence-electron chi connectivity index (χ2n) is 20.1. The molecule has 0 aliphatic heterocycles. The van der Waals surface area contributed by atoms with Crippen molar-refractivity contribution in [1.82, 2.24) is 0 Å². The lowest BCUT2D eigenvalue weighted by Crippen LogP contribution is -2.35. The first-order valence-electron chi connectivity index (χ1n) is 26.2. The predicted octanol–water partition coefficient (Wildman–Crippen LogP) is 15.8. The van der Waals surface area contributed by atoms with Crippen molar-refractivity contribution in [3.63, 3.8) is 0 Å². The van der Waals surface area contributed by atoms with Gasteiger partial charge >= 0.3 is 0 Å². The maximum Gasteiger partial charge on any atom is 0.119 e. The number of ether oxygens (including phenoxy) is 1. The van der Waals surface area contributed by atoms with Crippen molar-refractivity contribution in [1.29, 1.82) is 0 Å². The molecule has 0 saturated heterocycles. The summed E-state index contributed by atoms with van der Waals surface area (Å²) < 4.78 is 5.77. The molecule has 0 heterocycles. The van der Waals surface area contributed by atoms with Crippen molar-refractivity contribution in [2.24, 2.45) is 0 Å². The van der Waals surface area contributed by atoms with E-state index in [-0.39, 0.29) is 23.7 Å². The van der Waals surface area contributed by atoms with Gasteiger partial charge in [0.1, 0.15) is 11.2 Å². The van der Waals surface area contributed by atoms with Crippen molar-refractivity contribution in [3.05, 3.63) is 312 Å². The Morgan fingerprint density at radius 3 is 1.21 bits per heavy atom. The summed E-state index contributed by atoms with van der Waals surface area (Å²) in [4.78, 5) is 0. The highest BCUT2D eigenvalue weighted by Gasteiger charge is 2.50. The minimum absolute atomic E-state index is 0.0368. The van der Waals surface area contributed by atoms with Crippen LogP contribution in [0.2, 0.25) is 0 Å². The molecule has 73 heavy (non-hydrogen) atoms. The summed E-state index contributed by atoms with van der Waals surface area (Å²) in [5, 5.41) is 0. The van der Waals surface area contributed by atoms with Crippen molar-refractivity contribution < 1.29 is 4.74 Å². The monoisotopic (exact) mass is 934 g/mol. The SMILES string of the molecule is CCCCCCC#Cc1c2c(c(C#Cc3ccc(C#CC(c4ccccc4)(c4ccccc4)c4cccc(OC)c4)cc3)c3c1C1c4ccccc4C3c3ccccc31)C1c3ccccc3C2c2ccccc21. The Bertz CT molecular complexity index is 3540. The van der Waals surface area contributed by atoms with E-state index in [0.717, 1.165) is 46.4 Å². The maximum atomic E-state index is 5.77. The van der Waals surface area contributed by atoms with Gasteiger partial charge in [-0.25, -0.2) is 0 Å². The van der Waals surface area contributed by atoms with Gasteiger partial charge in [-0.3, -0.25) is 0 Å². The highest BCUT2D eigenvalue weighted by atomic mass is 16.5. The molecule has 348 valence electrons. The quantitative estimate of drug-likeness (QED) is 0.0838. The Kier molecular flexibility index (Phi) is 11.3. The molecular weight excluding hydrogens is 881 g/mol. The van der Waals surface area contributed by atoms with E-state index in [1.165, 1.54) is 97.2 Å². The fraction of sp³-hybridized carbons (Fsp3) is 0.167. The van der Waals surface area contributed by atoms with Crippen LogP contribution in [0.1, 0.15) is 168 Å². The first kappa shape index (κ1) is 44.4. The van der Waals surface area contributed by atoms with Gasteiger partial charge in [-0.05, 0) is 126 Å². The molecule has 0 N–H and O–H groups in total. The lowest BCUT2D eigenvalue weighted by atomic mass is 9.53. The number of unbranched alkanes of at least 4 members (excludes halogenated alkanes) is 4. The Morgan fingerprint density at radius 1 is 0.384 bits per heavy atom. The smallest absolute Gasteiger partial charge is 0.119 e. The van der Waals surface area contributed by atoms with Crippen LogP contribution in [-0.4, -0.2) is 7.11 Å². The van der Waals surface area contributed by atoms with Gasteiger partial charge in [0.25, 0.3) is 0 Å². The normalized spacial score (nSPS) is 16.6. The van der Waals surface area contributed by atoms with E-state index in [1.807, 2.05) is 6.07 Å². The van der Waals surface area contributed by atoms with Crippen LogP contribution in [0.25, 0.3) is 0 Å².